The number of thioether (sulfide) groups is 1. The zero-order valence-corrected chi connectivity index (χ0v) is 16.0. The maximum Gasteiger partial charge on any atom is 0.235 e. The summed E-state index contributed by atoms with van der Waals surface area (Å²) in [4.78, 5) is 12.2. The van der Waals surface area contributed by atoms with E-state index in [1.54, 1.807) is 24.3 Å². The standard InChI is InChI=1S/C22H17ClN2OS/c23-19-12-10-17(11-13-19)20(16-4-2-1-3-5-16)27-21(22(25)26)18-8-6-15(14-24)7-9-18/h1-13,20-21H,(H2,25,26). The number of hydrogen-bond acceptors (Lipinski definition) is 3. The van der Waals surface area contributed by atoms with Gasteiger partial charge in [-0.15, -0.1) is 11.8 Å². The number of amides is 1. The molecule has 27 heavy (non-hydrogen) atoms. The van der Waals surface area contributed by atoms with Crippen molar-refractivity contribution >= 4 is 29.3 Å². The third-order valence-corrected chi connectivity index (χ3v) is 5.99. The van der Waals surface area contributed by atoms with Gasteiger partial charge in [0.2, 0.25) is 5.91 Å². The molecule has 2 atom stereocenters. The fourth-order valence-corrected chi connectivity index (χ4v) is 4.27. The van der Waals surface area contributed by atoms with Crippen LogP contribution in [0, 0.1) is 11.3 Å². The van der Waals surface area contributed by atoms with Crippen LogP contribution in [0.15, 0.2) is 78.9 Å². The number of carbonyl (C=O) groups excluding carboxylic acids is 1. The smallest absolute Gasteiger partial charge is 0.235 e. The van der Waals surface area contributed by atoms with Gasteiger partial charge in [0.1, 0.15) is 5.25 Å². The predicted molar refractivity (Wildman–Crippen MR) is 110 cm³/mol. The molecule has 5 heteroatoms. The number of nitrogens with zero attached hydrogens (tertiary/aromatic N) is 1. The van der Waals surface area contributed by atoms with Gasteiger partial charge in [0.05, 0.1) is 16.9 Å². The molecule has 0 bridgehead atoms. The first-order valence-corrected chi connectivity index (χ1v) is 9.66. The van der Waals surface area contributed by atoms with Crippen LogP contribution in [0.2, 0.25) is 5.02 Å². The average Bonchev–Trinajstić information content (AvgIpc) is 2.70. The summed E-state index contributed by atoms with van der Waals surface area (Å²) >= 11 is 7.51. The van der Waals surface area contributed by atoms with Gasteiger partial charge in [0, 0.05) is 5.02 Å². The molecule has 2 N–H and O–H groups in total. The van der Waals surface area contributed by atoms with Crippen molar-refractivity contribution in [1.29, 1.82) is 5.26 Å². The van der Waals surface area contributed by atoms with Crippen molar-refractivity contribution in [2.24, 2.45) is 5.73 Å². The highest BCUT2D eigenvalue weighted by Crippen LogP contribution is 2.44. The molecule has 3 aromatic rings. The van der Waals surface area contributed by atoms with Gasteiger partial charge in [0.25, 0.3) is 0 Å². The van der Waals surface area contributed by atoms with Crippen LogP contribution in [0.1, 0.15) is 32.8 Å². The molecule has 0 aromatic heterocycles. The van der Waals surface area contributed by atoms with Gasteiger partial charge in [-0.2, -0.15) is 5.26 Å². The van der Waals surface area contributed by atoms with Gasteiger partial charge in [-0.25, -0.2) is 0 Å². The molecule has 0 aliphatic carbocycles. The van der Waals surface area contributed by atoms with Crippen molar-refractivity contribution in [2.45, 2.75) is 10.5 Å². The third kappa shape index (κ3) is 4.71. The van der Waals surface area contributed by atoms with E-state index < -0.39 is 11.2 Å². The van der Waals surface area contributed by atoms with Crippen LogP contribution in [0.4, 0.5) is 0 Å². The van der Waals surface area contributed by atoms with Crippen molar-refractivity contribution in [2.75, 3.05) is 0 Å². The Balaban J connectivity index is 1.98. The van der Waals surface area contributed by atoms with Crippen LogP contribution in [0.3, 0.4) is 0 Å². The molecule has 3 aromatic carbocycles. The van der Waals surface area contributed by atoms with E-state index in [0.29, 0.717) is 10.6 Å². The molecule has 2 unspecified atom stereocenters. The number of carbonyl (C=O) groups is 1. The molecule has 0 aliphatic heterocycles. The van der Waals surface area contributed by atoms with E-state index in [1.165, 1.54) is 11.8 Å². The molecule has 134 valence electrons. The molecule has 0 saturated heterocycles. The Hall–Kier alpha value is -2.74. The highest BCUT2D eigenvalue weighted by Gasteiger charge is 2.25. The summed E-state index contributed by atoms with van der Waals surface area (Å²) in [6, 6.07) is 26.6. The summed E-state index contributed by atoms with van der Waals surface area (Å²) in [7, 11) is 0. The maximum atomic E-state index is 12.2. The summed E-state index contributed by atoms with van der Waals surface area (Å²) < 4.78 is 0. The first-order chi connectivity index (χ1) is 13.1. The summed E-state index contributed by atoms with van der Waals surface area (Å²) in [6.07, 6.45) is 0. The van der Waals surface area contributed by atoms with Crippen LogP contribution >= 0.6 is 23.4 Å². The molecule has 3 rings (SSSR count). The van der Waals surface area contributed by atoms with E-state index in [4.69, 9.17) is 22.6 Å². The van der Waals surface area contributed by atoms with Crippen LogP contribution < -0.4 is 5.73 Å². The first kappa shape index (κ1) is 19.0. The highest BCUT2D eigenvalue weighted by molar-refractivity contribution is 8.00. The van der Waals surface area contributed by atoms with Crippen LogP contribution in [-0.4, -0.2) is 5.91 Å². The predicted octanol–water partition coefficient (Wildman–Crippen LogP) is 5.26. The summed E-state index contributed by atoms with van der Waals surface area (Å²) in [5, 5.41) is 9.02. The quantitative estimate of drug-likeness (QED) is 0.622. The fraction of sp³-hybridized carbons (Fsp3) is 0.0909. The lowest BCUT2D eigenvalue weighted by Gasteiger charge is -2.23. The molecule has 0 heterocycles. The Kier molecular flexibility index (Phi) is 6.18. The molecule has 0 aliphatic rings. The molecule has 0 saturated carbocycles. The number of nitriles is 1. The zero-order valence-electron chi connectivity index (χ0n) is 14.4. The van der Waals surface area contributed by atoms with Gasteiger partial charge in [-0.3, -0.25) is 4.79 Å². The van der Waals surface area contributed by atoms with E-state index in [0.717, 1.165) is 16.7 Å². The van der Waals surface area contributed by atoms with Crippen molar-refractivity contribution < 1.29 is 4.79 Å². The van der Waals surface area contributed by atoms with Gasteiger partial charge in [-0.1, -0.05) is 66.2 Å². The van der Waals surface area contributed by atoms with Gasteiger partial charge in [-0.05, 0) is 41.0 Å². The molecule has 3 nitrogen and oxygen atoms in total. The lowest BCUT2D eigenvalue weighted by molar-refractivity contribution is -0.117. The number of benzene rings is 3. The second kappa shape index (κ2) is 8.77. The average molecular weight is 393 g/mol. The summed E-state index contributed by atoms with van der Waals surface area (Å²) in [5.41, 5.74) is 9.16. The molecule has 0 spiro atoms. The Bertz CT molecular complexity index is 950. The molecule has 0 radical (unpaired) electrons. The third-order valence-electron chi connectivity index (χ3n) is 4.15. The topological polar surface area (TPSA) is 66.9 Å². The van der Waals surface area contributed by atoms with Crippen LogP contribution in [0.25, 0.3) is 0 Å². The zero-order chi connectivity index (χ0) is 19.2. The second-order valence-corrected chi connectivity index (χ2v) is 7.65. The molecular weight excluding hydrogens is 376 g/mol. The van der Waals surface area contributed by atoms with E-state index in [2.05, 4.69) is 6.07 Å². The van der Waals surface area contributed by atoms with Crippen LogP contribution in [0.5, 0.6) is 0 Å². The summed E-state index contributed by atoms with van der Waals surface area (Å²) in [6.45, 7) is 0. The van der Waals surface area contributed by atoms with E-state index in [1.807, 2.05) is 54.6 Å². The normalized spacial score (nSPS) is 12.7. The number of hydrogen-bond donors (Lipinski definition) is 1. The van der Waals surface area contributed by atoms with E-state index in [9.17, 15) is 4.79 Å². The summed E-state index contributed by atoms with van der Waals surface area (Å²) in [5.74, 6) is -0.417. The van der Waals surface area contributed by atoms with Crippen LogP contribution in [-0.2, 0) is 4.79 Å². The second-order valence-electron chi connectivity index (χ2n) is 5.99. The number of primary amides is 1. The molecular formula is C22H17ClN2OS. The molecule has 1 amide bonds. The van der Waals surface area contributed by atoms with Gasteiger partial charge < -0.3 is 5.73 Å². The van der Waals surface area contributed by atoms with E-state index >= 15 is 0 Å². The molecule has 0 fully saturated rings. The number of nitrogens with two attached hydrogens (primary N) is 1. The largest absolute Gasteiger partial charge is 0.368 e. The number of halogens is 1. The van der Waals surface area contributed by atoms with Crippen molar-refractivity contribution in [3.63, 3.8) is 0 Å². The van der Waals surface area contributed by atoms with Crippen molar-refractivity contribution in [3.8, 4) is 6.07 Å². The number of rotatable bonds is 6. The lowest BCUT2D eigenvalue weighted by atomic mass is 10.0. The highest BCUT2D eigenvalue weighted by atomic mass is 35.5. The van der Waals surface area contributed by atoms with E-state index in [-0.39, 0.29) is 5.25 Å². The Morgan fingerprint density at radius 3 is 2.00 bits per heavy atom. The SMILES string of the molecule is N#Cc1ccc(C(SC(c2ccccc2)c2ccc(Cl)cc2)C(N)=O)cc1. The monoisotopic (exact) mass is 392 g/mol. The minimum absolute atomic E-state index is 0.0865. The minimum atomic E-state index is -0.543. The Labute approximate surface area is 167 Å². The Morgan fingerprint density at radius 1 is 0.889 bits per heavy atom. The minimum Gasteiger partial charge on any atom is -0.368 e. The van der Waals surface area contributed by atoms with Crippen molar-refractivity contribution in [3.05, 3.63) is 106 Å². The Morgan fingerprint density at radius 2 is 1.44 bits per heavy atom. The maximum absolute atomic E-state index is 12.2. The van der Waals surface area contributed by atoms with Gasteiger partial charge in [0.15, 0.2) is 0 Å². The van der Waals surface area contributed by atoms with Gasteiger partial charge >= 0.3 is 0 Å². The lowest BCUT2D eigenvalue weighted by Crippen LogP contribution is -2.20. The fourth-order valence-electron chi connectivity index (χ4n) is 2.79. The first-order valence-electron chi connectivity index (χ1n) is 8.33. The van der Waals surface area contributed by atoms with Crippen molar-refractivity contribution in [1.82, 2.24) is 0 Å².